The lowest BCUT2D eigenvalue weighted by molar-refractivity contribution is -0.109. The highest BCUT2D eigenvalue weighted by Gasteiger charge is 2.52. The van der Waals surface area contributed by atoms with Crippen molar-refractivity contribution < 1.29 is 18.8 Å². The van der Waals surface area contributed by atoms with Crippen LogP contribution in [0.3, 0.4) is 0 Å². The van der Waals surface area contributed by atoms with Crippen LogP contribution in [0.5, 0.6) is 5.75 Å². The molecule has 1 heterocycles. The van der Waals surface area contributed by atoms with Gasteiger partial charge < -0.3 is 14.0 Å². The maximum atomic E-state index is 11.5. The van der Waals surface area contributed by atoms with E-state index in [0.29, 0.717) is 12.4 Å². The number of hydrogen-bond acceptors (Lipinski definition) is 5. The van der Waals surface area contributed by atoms with Crippen LogP contribution in [0.4, 0.5) is 0 Å². The van der Waals surface area contributed by atoms with E-state index in [9.17, 15) is 4.79 Å². The second-order valence-corrected chi connectivity index (χ2v) is 8.21. The van der Waals surface area contributed by atoms with Crippen molar-refractivity contribution in [3.05, 3.63) is 35.3 Å². The molecule has 0 atom stereocenters. The van der Waals surface area contributed by atoms with Gasteiger partial charge in [-0.3, -0.25) is 4.79 Å². The molecule has 0 spiro atoms. The molecule has 1 aromatic carbocycles. The van der Waals surface area contributed by atoms with Gasteiger partial charge in [0, 0.05) is 18.2 Å². The summed E-state index contributed by atoms with van der Waals surface area (Å²) in [4.78, 5) is 11.5. The van der Waals surface area contributed by atoms with Gasteiger partial charge in [-0.15, -0.1) is 0 Å². The molecule has 0 bridgehead atoms. The fourth-order valence-corrected chi connectivity index (χ4v) is 3.03. The molecule has 2 rings (SSSR count). The second kappa shape index (κ2) is 7.98. The van der Waals surface area contributed by atoms with Gasteiger partial charge in [0.1, 0.15) is 5.75 Å². The minimum absolute atomic E-state index is 0.0699. The number of carbonyl (C=O) groups excluding carboxylic acids is 1. The molecule has 0 unspecified atom stereocenters. The summed E-state index contributed by atoms with van der Waals surface area (Å²) >= 11 is 1.26. The average molecular weight is 362 g/mol. The van der Waals surface area contributed by atoms with Crippen molar-refractivity contribution in [1.29, 1.82) is 0 Å². The first kappa shape index (κ1) is 20.1. The lowest BCUT2D eigenvalue weighted by Crippen LogP contribution is -2.41. The Bertz CT molecular complexity index is 639. The molecular formula is C19H27BO4S. The van der Waals surface area contributed by atoms with E-state index in [0.717, 1.165) is 16.8 Å². The number of thioether (sulfide) groups is 1. The highest BCUT2D eigenvalue weighted by Crippen LogP contribution is 2.39. The second-order valence-electron chi connectivity index (χ2n) is 7.06. The van der Waals surface area contributed by atoms with E-state index in [-0.39, 0.29) is 5.12 Å². The molecule has 1 aromatic rings. The average Bonchev–Trinajstić information content (AvgIpc) is 2.73. The Balaban J connectivity index is 2.35. The van der Waals surface area contributed by atoms with Crippen molar-refractivity contribution in [3.8, 4) is 5.75 Å². The van der Waals surface area contributed by atoms with Crippen molar-refractivity contribution in [2.75, 3.05) is 12.4 Å². The quantitative estimate of drug-likeness (QED) is 0.703. The predicted molar refractivity (Wildman–Crippen MR) is 105 cm³/mol. The number of carbonyl (C=O) groups is 1. The monoisotopic (exact) mass is 362 g/mol. The summed E-state index contributed by atoms with van der Waals surface area (Å²) in [5.74, 6) is 1.33. The van der Waals surface area contributed by atoms with Crippen LogP contribution in [0.25, 0.3) is 6.08 Å². The predicted octanol–water partition coefficient (Wildman–Crippen LogP) is 4.38. The number of para-hydroxylation sites is 1. The van der Waals surface area contributed by atoms with Crippen LogP contribution < -0.4 is 4.74 Å². The molecule has 1 fully saturated rings. The maximum Gasteiger partial charge on any atom is 0.491 e. The van der Waals surface area contributed by atoms with Crippen molar-refractivity contribution >= 4 is 30.1 Å². The maximum absolute atomic E-state index is 11.5. The van der Waals surface area contributed by atoms with Crippen molar-refractivity contribution in [1.82, 2.24) is 0 Å². The highest BCUT2D eigenvalue weighted by molar-refractivity contribution is 8.13. The Morgan fingerprint density at radius 2 is 1.80 bits per heavy atom. The van der Waals surface area contributed by atoms with E-state index < -0.39 is 18.3 Å². The number of benzene rings is 1. The van der Waals surface area contributed by atoms with E-state index >= 15 is 0 Å². The first-order valence-corrected chi connectivity index (χ1v) is 9.56. The summed E-state index contributed by atoms with van der Waals surface area (Å²) in [6.45, 7) is 12.2. The molecule has 136 valence electrons. The molecule has 0 N–H and O–H groups in total. The Morgan fingerprint density at radius 1 is 1.20 bits per heavy atom. The molecule has 0 radical (unpaired) electrons. The summed E-state index contributed by atoms with van der Waals surface area (Å²) in [5, 5.41) is 0.0699. The van der Waals surface area contributed by atoms with Gasteiger partial charge in [-0.1, -0.05) is 36.0 Å². The van der Waals surface area contributed by atoms with Crippen LogP contribution in [0.15, 0.2) is 29.7 Å². The van der Waals surface area contributed by atoms with Crippen LogP contribution in [0.1, 0.15) is 47.1 Å². The zero-order valence-corrected chi connectivity index (χ0v) is 16.7. The highest BCUT2D eigenvalue weighted by atomic mass is 32.2. The molecule has 0 saturated carbocycles. The van der Waals surface area contributed by atoms with E-state index in [4.69, 9.17) is 14.0 Å². The smallest absolute Gasteiger partial charge is 0.491 e. The summed E-state index contributed by atoms with van der Waals surface area (Å²) in [6, 6.07) is 7.85. The lowest BCUT2D eigenvalue weighted by Gasteiger charge is -2.32. The van der Waals surface area contributed by atoms with Gasteiger partial charge in [-0.05, 0) is 46.2 Å². The third kappa shape index (κ3) is 4.90. The normalized spacial score (nSPS) is 19.1. The molecule has 0 amide bonds. The summed E-state index contributed by atoms with van der Waals surface area (Å²) in [5.41, 5.74) is 1.04. The molecule has 6 heteroatoms. The molecule has 25 heavy (non-hydrogen) atoms. The largest absolute Gasteiger partial charge is 0.493 e. The van der Waals surface area contributed by atoms with Crippen LogP contribution >= 0.6 is 11.8 Å². The summed E-state index contributed by atoms with van der Waals surface area (Å²) in [6.07, 6.45) is 2.02. The number of hydrogen-bond donors (Lipinski definition) is 0. The van der Waals surface area contributed by atoms with Gasteiger partial charge in [-0.2, -0.15) is 0 Å². The SMILES string of the molecule is CCOc1ccccc1C=C(CSC(C)=O)B1OC(C)(C)C(C)(C)O1. The Labute approximate surface area is 155 Å². The Morgan fingerprint density at radius 3 is 2.36 bits per heavy atom. The molecule has 1 aliphatic rings. The van der Waals surface area contributed by atoms with Crippen molar-refractivity contribution in [3.63, 3.8) is 0 Å². The molecule has 1 aliphatic heterocycles. The molecule has 0 aromatic heterocycles. The third-order valence-electron chi connectivity index (χ3n) is 4.56. The summed E-state index contributed by atoms with van der Waals surface area (Å²) < 4.78 is 18.1. The minimum atomic E-state index is -0.480. The number of ether oxygens (including phenoxy) is 1. The van der Waals surface area contributed by atoms with Crippen LogP contribution in [0, 0.1) is 0 Å². The fraction of sp³-hybridized carbons (Fsp3) is 0.526. The Kier molecular flexibility index (Phi) is 6.41. The zero-order chi connectivity index (χ0) is 18.7. The lowest BCUT2D eigenvalue weighted by atomic mass is 9.78. The van der Waals surface area contributed by atoms with Gasteiger partial charge >= 0.3 is 7.12 Å². The van der Waals surface area contributed by atoms with E-state index in [1.807, 2.05) is 65.0 Å². The zero-order valence-electron chi connectivity index (χ0n) is 15.9. The van der Waals surface area contributed by atoms with Crippen LogP contribution in [0.2, 0.25) is 0 Å². The van der Waals surface area contributed by atoms with Crippen LogP contribution in [-0.4, -0.2) is 35.8 Å². The van der Waals surface area contributed by atoms with E-state index in [2.05, 4.69) is 0 Å². The van der Waals surface area contributed by atoms with E-state index in [1.54, 1.807) is 6.92 Å². The topological polar surface area (TPSA) is 44.8 Å². The van der Waals surface area contributed by atoms with Gasteiger partial charge in [-0.25, -0.2) is 0 Å². The first-order chi connectivity index (χ1) is 11.7. The van der Waals surface area contributed by atoms with Crippen LogP contribution in [-0.2, 0) is 14.1 Å². The van der Waals surface area contributed by atoms with Gasteiger partial charge in [0.2, 0.25) is 0 Å². The van der Waals surface area contributed by atoms with Gasteiger partial charge in [0.15, 0.2) is 5.12 Å². The number of rotatable bonds is 6. The third-order valence-corrected chi connectivity index (χ3v) is 5.44. The Hall–Kier alpha value is -1.24. The molecule has 1 saturated heterocycles. The van der Waals surface area contributed by atoms with E-state index in [1.165, 1.54) is 11.8 Å². The van der Waals surface area contributed by atoms with Crippen molar-refractivity contribution in [2.45, 2.75) is 52.7 Å². The molecule has 0 aliphatic carbocycles. The molecule has 4 nitrogen and oxygen atoms in total. The molecular weight excluding hydrogens is 335 g/mol. The van der Waals surface area contributed by atoms with Crippen molar-refractivity contribution in [2.24, 2.45) is 0 Å². The fourth-order valence-electron chi connectivity index (χ4n) is 2.44. The minimum Gasteiger partial charge on any atom is -0.493 e. The van der Waals surface area contributed by atoms with Gasteiger partial charge in [0.05, 0.1) is 17.8 Å². The summed E-state index contributed by atoms with van der Waals surface area (Å²) in [7, 11) is -0.480. The first-order valence-electron chi connectivity index (χ1n) is 8.57. The standard InChI is InChI=1S/C19H27BO4S/c1-7-22-17-11-9-8-10-15(17)12-16(13-25-14(2)21)20-23-18(3,4)19(5,6)24-20/h8-12H,7,13H2,1-6H3. The van der Waals surface area contributed by atoms with Gasteiger partial charge in [0.25, 0.3) is 0 Å².